The average Bonchev–Trinajstić information content (AvgIpc) is 2.92. The normalized spacial score (nSPS) is 10.7. The van der Waals surface area contributed by atoms with Crippen LogP contribution < -0.4 is 0 Å². The number of aromatic carboxylic acids is 1. The molecule has 0 fully saturated rings. The third-order valence-electron chi connectivity index (χ3n) is 3.25. The monoisotopic (exact) mass is 370 g/mol. The minimum Gasteiger partial charge on any atom is -0.477 e. The fourth-order valence-electron chi connectivity index (χ4n) is 2.25. The van der Waals surface area contributed by atoms with Crippen molar-refractivity contribution in [2.24, 2.45) is 0 Å². The maximum absolute atomic E-state index is 12.5. The Morgan fingerprint density at radius 2 is 2.10 bits per heavy atom. The van der Waals surface area contributed by atoms with Gasteiger partial charge in [0, 0.05) is 19.3 Å². The van der Waals surface area contributed by atoms with Gasteiger partial charge in [0.1, 0.15) is 5.69 Å². The van der Waals surface area contributed by atoms with E-state index in [2.05, 4.69) is 20.9 Å². The second kappa shape index (κ2) is 6.03. The van der Waals surface area contributed by atoms with Gasteiger partial charge in [-0.2, -0.15) is 0 Å². The van der Waals surface area contributed by atoms with E-state index in [1.165, 1.54) is 0 Å². The number of carbonyl (C=O) groups excluding carboxylic acids is 1. The van der Waals surface area contributed by atoms with Gasteiger partial charge in [-0.3, -0.25) is 4.79 Å². The number of carboxylic acid groups (broad SMARTS) is 1. The highest BCUT2D eigenvalue weighted by Gasteiger charge is 2.23. The molecular weight excluding hydrogens is 356 g/mol. The lowest BCUT2D eigenvalue weighted by Crippen LogP contribution is -2.27. The van der Waals surface area contributed by atoms with Crippen LogP contribution in [0.25, 0.3) is 0 Å². The maximum atomic E-state index is 12.5. The molecule has 0 aliphatic carbocycles. The van der Waals surface area contributed by atoms with Crippen molar-refractivity contribution in [1.29, 1.82) is 0 Å². The minimum absolute atomic E-state index is 0.0718. The van der Waals surface area contributed by atoms with Crippen LogP contribution in [0.4, 0.5) is 0 Å². The predicted molar refractivity (Wildman–Crippen MR) is 85.0 cm³/mol. The number of aromatic amines is 1. The van der Waals surface area contributed by atoms with Crippen LogP contribution in [0.3, 0.4) is 0 Å². The minimum atomic E-state index is -1.06. The molecule has 0 saturated heterocycles. The van der Waals surface area contributed by atoms with Crippen LogP contribution >= 0.6 is 27.3 Å². The Morgan fingerprint density at radius 1 is 1.43 bits per heavy atom. The van der Waals surface area contributed by atoms with E-state index in [1.807, 2.05) is 11.4 Å². The van der Waals surface area contributed by atoms with E-state index in [0.717, 1.165) is 9.35 Å². The third kappa shape index (κ3) is 3.19. The van der Waals surface area contributed by atoms with Crippen LogP contribution in [-0.4, -0.2) is 33.9 Å². The maximum Gasteiger partial charge on any atom is 0.352 e. The molecule has 0 saturated carbocycles. The number of aromatic nitrogens is 1. The number of nitrogens with one attached hydrogen (secondary N) is 1. The van der Waals surface area contributed by atoms with Crippen LogP contribution in [0.1, 0.15) is 37.7 Å². The summed E-state index contributed by atoms with van der Waals surface area (Å²) >= 11 is 4.95. The lowest BCUT2D eigenvalue weighted by Gasteiger charge is -2.17. The molecule has 2 aromatic rings. The van der Waals surface area contributed by atoms with Gasteiger partial charge in [0.2, 0.25) is 0 Å². The number of thiophene rings is 1. The number of H-pyrrole nitrogens is 1. The first-order chi connectivity index (χ1) is 9.81. The number of carboxylic acids is 1. The van der Waals surface area contributed by atoms with Gasteiger partial charge in [0.25, 0.3) is 5.91 Å². The summed E-state index contributed by atoms with van der Waals surface area (Å²) in [6.45, 7) is 3.84. The summed E-state index contributed by atoms with van der Waals surface area (Å²) in [5.74, 6) is -1.24. The van der Waals surface area contributed by atoms with E-state index in [4.69, 9.17) is 5.11 Å². The first-order valence-corrected chi connectivity index (χ1v) is 7.89. The van der Waals surface area contributed by atoms with Gasteiger partial charge in [-0.15, -0.1) is 11.3 Å². The number of halogens is 1. The van der Waals surface area contributed by atoms with Gasteiger partial charge in [-0.05, 0) is 52.4 Å². The SMILES string of the molecule is Cc1[nH]c(C(=O)O)c(C)c1C(=O)N(C)Cc1csc(Br)c1. The van der Waals surface area contributed by atoms with Crippen LogP contribution in [0.2, 0.25) is 0 Å². The quantitative estimate of drug-likeness (QED) is 0.865. The summed E-state index contributed by atoms with van der Waals surface area (Å²) < 4.78 is 1.01. The lowest BCUT2D eigenvalue weighted by atomic mass is 10.1. The van der Waals surface area contributed by atoms with Crippen molar-refractivity contribution in [3.8, 4) is 0 Å². The molecule has 0 atom stereocenters. The van der Waals surface area contributed by atoms with E-state index in [9.17, 15) is 9.59 Å². The molecule has 5 nitrogen and oxygen atoms in total. The standard InChI is InChI=1S/C14H15BrN2O3S/c1-7-11(8(2)16-12(7)14(19)20)13(18)17(3)5-9-4-10(15)21-6-9/h4,6,16H,5H2,1-3H3,(H,19,20). The Bertz CT molecular complexity index is 705. The number of nitrogens with zero attached hydrogens (tertiary/aromatic N) is 1. The second-order valence-electron chi connectivity index (χ2n) is 4.85. The Labute approximate surface area is 134 Å². The highest BCUT2D eigenvalue weighted by Crippen LogP contribution is 2.23. The third-order valence-corrected chi connectivity index (χ3v) is 4.81. The first kappa shape index (κ1) is 15.8. The smallest absolute Gasteiger partial charge is 0.352 e. The second-order valence-corrected chi connectivity index (χ2v) is 7.14. The van der Waals surface area contributed by atoms with Gasteiger partial charge in [-0.25, -0.2) is 4.79 Å². The fraction of sp³-hybridized carbons (Fsp3) is 0.286. The number of hydrogen-bond acceptors (Lipinski definition) is 3. The number of hydrogen-bond donors (Lipinski definition) is 2. The highest BCUT2D eigenvalue weighted by atomic mass is 79.9. The summed E-state index contributed by atoms with van der Waals surface area (Å²) in [7, 11) is 1.71. The molecule has 0 aromatic carbocycles. The molecule has 2 heterocycles. The van der Waals surface area contributed by atoms with Crippen molar-refractivity contribution in [1.82, 2.24) is 9.88 Å². The van der Waals surface area contributed by atoms with Gasteiger partial charge >= 0.3 is 5.97 Å². The van der Waals surface area contributed by atoms with Crippen molar-refractivity contribution in [2.75, 3.05) is 7.05 Å². The van der Waals surface area contributed by atoms with E-state index < -0.39 is 5.97 Å². The van der Waals surface area contributed by atoms with E-state index in [0.29, 0.717) is 23.4 Å². The molecule has 0 spiro atoms. The molecular formula is C14H15BrN2O3S. The Morgan fingerprint density at radius 3 is 2.57 bits per heavy atom. The van der Waals surface area contributed by atoms with Gasteiger partial charge in [-0.1, -0.05) is 0 Å². The molecule has 0 radical (unpaired) electrons. The molecule has 2 rings (SSSR count). The first-order valence-electron chi connectivity index (χ1n) is 6.22. The highest BCUT2D eigenvalue weighted by molar-refractivity contribution is 9.11. The summed E-state index contributed by atoms with van der Waals surface area (Å²) in [4.78, 5) is 28.0. The molecule has 21 heavy (non-hydrogen) atoms. The molecule has 0 aliphatic rings. The summed E-state index contributed by atoms with van der Waals surface area (Å²) in [5.41, 5.74) is 2.59. The zero-order valence-electron chi connectivity index (χ0n) is 11.9. The molecule has 2 aromatic heterocycles. The number of amides is 1. The van der Waals surface area contributed by atoms with Crippen molar-refractivity contribution >= 4 is 39.1 Å². The number of rotatable bonds is 4. The molecule has 2 N–H and O–H groups in total. The Kier molecular flexibility index (Phi) is 4.53. The lowest BCUT2D eigenvalue weighted by molar-refractivity contribution is 0.0690. The summed E-state index contributed by atoms with van der Waals surface area (Å²) in [5, 5.41) is 11.1. The van der Waals surface area contributed by atoms with Crippen molar-refractivity contribution in [3.63, 3.8) is 0 Å². The van der Waals surface area contributed by atoms with Crippen LogP contribution in [0, 0.1) is 13.8 Å². The largest absolute Gasteiger partial charge is 0.477 e. The zero-order valence-corrected chi connectivity index (χ0v) is 14.3. The molecule has 112 valence electrons. The van der Waals surface area contributed by atoms with Crippen LogP contribution in [-0.2, 0) is 6.54 Å². The van der Waals surface area contributed by atoms with Crippen LogP contribution in [0.5, 0.6) is 0 Å². The van der Waals surface area contributed by atoms with Crippen LogP contribution in [0.15, 0.2) is 15.2 Å². The zero-order chi connectivity index (χ0) is 15.7. The van der Waals surface area contributed by atoms with Crippen molar-refractivity contribution in [3.05, 3.63) is 43.3 Å². The Hall–Kier alpha value is -1.60. The van der Waals surface area contributed by atoms with Gasteiger partial charge in [0.15, 0.2) is 0 Å². The number of aryl methyl sites for hydroxylation is 1. The van der Waals surface area contributed by atoms with Gasteiger partial charge in [0.05, 0.1) is 9.35 Å². The predicted octanol–water partition coefficient (Wildman–Crippen LogP) is 3.43. The van der Waals surface area contributed by atoms with Gasteiger partial charge < -0.3 is 15.0 Å². The average molecular weight is 371 g/mol. The van der Waals surface area contributed by atoms with E-state index in [-0.39, 0.29) is 11.6 Å². The molecule has 0 unspecified atom stereocenters. The number of carbonyl (C=O) groups is 2. The topological polar surface area (TPSA) is 73.4 Å². The molecule has 7 heteroatoms. The molecule has 1 amide bonds. The Balaban J connectivity index is 2.25. The fourth-order valence-corrected chi connectivity index (χ4v) is 3.45. The van der Waals surface area contributed by atoms with Crippen molar-refractivity contribution in [2.45, 2.75) is 20.4 Å². The van der Waals surface area contributed by atoms with E-state index >= 15 is 0 Å². The summed E-state index contributed by atoms with van der Waals surface area (Å²) in [6, 6.07) is 1.97. The summed E-state index contributed by atoms with van der Waals surface area (Å²) in [6.07, 6.45) is 0. The van der Waals surface area contributed by atoms with E-state index in [1.54, 1.807) is 37.1 Å². The molecule has 0 aliphatic heterocycles. The van der Waals surface area contributed by atoms with Crippen molar-refractivity contribution < 1.29 is 14.7 Å². The molecule has 0 bridgehead atoms.